The number of benzene rings is 2. The monoisotopic (exact) mass is 493 g/mol. The van der Waals surface area contributed by atoms with Gasteiger partial charge < -0.3 is 9.64 Å². The summed E-state index contributed by atoms with van der Waals surface area (Å²) < 4.78 is 7.01. The Labute approximate surface area is 207 Å². The SMILES string of the molecule is CCc1sc2nc(SC(C(=O)N(C)C)c3ccccc3)n(-c3cccc(OC)c3)c(=O)c2c1C. The molecule has 0 aliphatic heterocycles. The number of carbonyl (C=O) groups excluding carboxylic acids is 1. The number of hydrogen-bond acceptors (Lipinski definition) is 6. The summed E-state index contributed by atoms with van der Waals surface area (Å²) in [6.07, 6.45) is 0.833. The number of thiophene rings is 1. The molecule has 1 unspecified atom stereocenters. The van der Waals surface area contributed by atoms with E-state index in [-0.39, 0.29) is 11.5 Å². The molecule has 2 heterocycles. The second-order valence-corrected chi connectivity index (χ2v) is 10.2. The van der Waals surface area contributed by atoms with Gasteiger partial charge in [0.25, 0.3) is 5.56 Å². The van der Waals surface area contributed by atoms with Gasteiger partial charge in [0.05, 0.1) is 18.2 Å². The van der Waals surface area contributed by atoms with Crippen molar-refractivity contribution >= 4 is 39.2 Å². The predicted octanol–water partition coefficient (Wildman–Crippen LogP) is 5.25. The predicted molar refractivity (Wildman–Crippen MR) is 140 cm³/mol. The van der Waals surface area contributed by atoms with E-state index in [0.29, 0.717) is 26.8 Å². The Morgan fingerprint density at radius 1 is 1.18 bits per heavy atom. The van der Waals surface area contributed by atoms with Crippen molar-refractivity contribution in [3.05, 3.63) is 81.0 Å². The van der Waals surface area contributed by atoms with E-state index >= 15 is 0 Å². The van der Waals surface area contributed by atoms with Crippen LogP contribution >= 0.6 is 23.1 Å². The minimum Gasteiger partial charge on any atom is -0.497 e. The van der Waals surface area contributed by atoms with Crippen LogP contribution in [-0.4, -0.2) is 41.6 Å². The molecule has 6 nitrogen and oxygen atoms in total. The molecule has 1 amide bonds. The van der Waals surface area contributed by atoms with E-state index in [1.165, 1.54) is 11.8 Å². The number of aryl methyl sites for hydroxylation is 2. The third kappa shape index (κ3) is 4.48. The van der Waals surface area contributed by atoms with Crippen molar-refractivity contribution in [2.45, 2.75) is 30.7 Å². The average Bonchev–Trinajstić information content (AvgIpc) is 3.18. The first kappa shape index (κ1) is 24.0. The van der Waals surface area contributed by atoms with Crippen LogP contribution in [0.5, 0.6) is 5.75 Å². The number of aromatic nitrogens is 2. The number of amides is 1. The number of hydrogen-bond donors (Lipinski definition) is 0. The lowest BCUT2D eigenvalue weighted by atomic mass is 10.1. The molecular formula is C26H27N3O3S2. The van der Waals surface area contributed by atoms with Crippen molar-refractivity contribution in [3.8, 4) is 11.4 Å². The van der Waals surface area contributed by atoms with Crippen LogP contribution in [0.15, 0.2) is 64.5 Å². The van der Waals surface area contributed by atoms with Gasteiger partial charge in [-0.25, -0.2) is 4.98 Å². The van der Waals surface area contributed by atoms with E-state index in [0.717, 1.165) is 22.4 Å². The number of likely N-dealkylation sites (N-methyl/N-ethyl adjacent to an activating group) is 1. The Hall–Kier alpha value is -3.10. The average molecular weight is 494 g/mol. The summed E-state index contributed by atoms with van der Waals surface area (Å²) in [6.45, 7) is 4.06. The van der Waals surface area contributed by atoms with Crippen LogP contribution in [0.3, 0.4) is 0 Å². The third-order valence-corrected chi connectivity index (χ3v) is 8.18. The summed E-state index contributed by atoms with van der Waals surface area (Å²) >= 11 is 2.83. The van der Waals surface area contributed by atoms with E-state index in [4.69, 9.17) is 9.72 Å². The Morgan fingerprint density at radius 2 is 1.91 bits per heavy atom. The van der Waals surface area contributed by atoms with Gasteiger partial charge in [0.1, 0.15) is 15.8 Å². The normalized spacial score (nSPS) is 12.0. The molecule has 0 spiro atoms. The fraction of sp³-hybridized carbons (Fsp3) is 0.269. The Kier molecular flexibility index (Phi) is 7.09. The molecule has 8 heteroatoms. The van der Waals surface area contributed by atoms with Crippen LogP contribution in [0.4, 0.5) is 0 Å². The standard InChI is InChI=1S/C26H27N3O3S2/c1-6-20-16(2)21-23(33-20)27-26(29(24(21)30)18-13-10-14-19(15-18)32-5)34-22(25(31)28(3)4)17-11-8-7-9-12-17/h7-15,22H,6H2,1-5H3. The largest absolute Gasteiger partial charge is 0.497 e. The van der Waals surface area contributed by atoms with Gasteiger partial charge in [-0.1, -0.05) is 55.1 Å². The zero-order chi connectivity index (χ0) is 24.4. The molecule has 1 atom stereocenters. The van der Waals surface area contributed by atoms with Gasteiger partial charge in [-0.2, -0.15) is 0 Å². The first-order valence-electron chi connectivity index (χ1n) is 11.0. The highest BCUT2D eigenvalue weighted by molar-refractivity contribution is 8.00. The smallest absolute Gasteiger partial charge is 0.267 e. The summed E-state index contributed by atoms with van der Waals surface area (Å²) in [7, 11) is 5.07. The van der Waals surface area contributed by atoms with Crippen molar-refractivity contribution in [1.29, 1.82) is 0 Å². The molecule has 176 valence electrons. The van der Waals surface area contributed by atoms with E-state index in [2.05, 4.69) is 6.92 Å². The van der Waals surface area contributed by atoms with E-state index in [9.17, 15) is 9.59 Å². The molecular weight excluding hydrogens is 466 g/mol. The van der Waals surface area contributed by atoms with Crippen LogP contribution in [0, 0.1) is 6.92 Å². The minimum atomic E-state index is -0.552. The molecule has 0 N–H and O–H groups in total. The van der Waals surface area contributed by atoms with Crippen LogP contribution in [0.25, 0.3) is 15.9 Å². The van der Waals surface area contributed by atoms with Crippen molar-refractivity contribution in [1.82, 2.24) is 14.5 Å². The molecule has 0 aliphatic rings. The highest BCUT2D eigenvalue weighted by Gasteiger charge is 2.28. The molecule has 0 aliphatic carbocycles. The van der Waals surface area contributed by atoms with Gasteiger partial charge in [-0.3, -0.25) is 14.2 Å². The number of ether oxygens (including phenoxy) is 1. The van der Waals surface area contributed by atoms with Gasteiger partial charge in [0.2, 0.25) is 5.91 Å². The highest BCUT2D eigenvalue weighted by atomic mass is 32.2. The number of fused-ring (bicyclic) bond motifs is 1. The fourth-order valence-electron chi connectivity index (χ4n) is 3.83. The summed E-state index contributed by atoms with van der Waals surface area (Å²) in [4.78, 5) is 35.5. The second kappa shape index (κ2) is 10.0. The maximum Gasteiger partial charge on any atom is 0.267 e. The Balaban J connectivity index is 1.98. The number of carbonyl (C=O) groups is 1. The molecule has 0 saturated heterocycles. The van der Waals surface area contributed by atoms with E-state index < -0.39 is 5.25 Å². The lowest BCUT2D eigenvalue weighted by Gasteiger charge is -2.22. The summed E-state index contributed by atoms with van der Waals surface area (Å²) in [6, 6.07) is 16.9. The minimum absolute atomic E-state index is 0.0701. The van der Waals surface area contributed by atoms with Crippen LogP contribution < -0.4 is 10.3 Å². The molecule has 0 fully saturated rings. The maximum atomic E-state index is 13.9. The molecule has 0 bridgehead atoms. The van der Waals surface area contributed by atoms with E-state index in [1.807, 2.05) is 61.5 Å². The van der Waals surface area contributed by atoms with Gasteiger partial charge in [-0.15, -0.1) is 11.3 Å². The summed E-state index contributed by atoms with van der Waals surface area (Å²) in [5, 5.41) is 0.548. The lowest BCUT2D eigenvalue weighted by Crippen LogP contribution is -2.28. The molecule has 4 rings (SSSR count). The fourth-order valence-corrected chi connectivity index (χ4v) is 6.25. The van der Waals surface area contributed by atoms with Gasteiger partial charge in [-0.05, 0) is 36.6 Å². The number of nitrogens with zero attached hydrogens (tertiary/aromatic N) is 3. The van der Waals surface area contributed by atoms with Crippen LogP contribution in [0.1, 0.15) is 28.2 Å². The van der Waals surface area contributed by atoms with Crippen molar-refractivity contribution < 1.29 is 9.53 Å². The molecule has 2 aromatic heterocycles. The van der Waals surface area contributed by atoms with Gasteiger partial charge in [0, 0.05) is 25.0 Å². The number of rotatable bonds is 7. The molecule has 0 radical (unpaired) electrons. The lowest BCUT2D eigenvalue weighted by molar-refractivity contribution is -0.128. The number of methoxy groups -OCH3 is 1. The first-order chi connectivity index (χ1) is 16.3. The van der Waals surface area contributed by atoms with Crippen molar-refractivity contribution in [3.63, 3.8) is 0 Å². The molecule has 2 aromatic carbocycles. The maximum absolute atomic E-state index is 13.9. The zero-order valence-electron chi connectivity index (χ0n) is 19.9. The number of thioether (sulfide) groups is 1. The van der Waals surface area contributed by atoms with Crippen molar-refractivity contribution in [2.24, 2.45) is 0 Å². The summed E-state index contributed by atoms with van der Waals surface area (Å²) in [5.41, 5.74) is 2.33. The first-order valence-corrected chi connectivity index (χ1v) is 12.7. The Morgan fingerprint density at radius 3 is 2.56 bits per heavy atom. The summed E-state index contributed by atoms with van der Waals surface area (Å²) in [5.74, 6) is 0.569. The van der Waals surface area contributed by atoms with Crippen molar-refractivity contribution in [2.75, 3.05) is 21.2 Å². The van der Waals surface area contributed by atoms with Crippen LogP contribution in [-0.2, 0) is 11.2 Å². The molecule has 0 saturated carbocycles. The second-order valence-electron chi connectivity index (χ2n) is 8.06. The third-order valence-electron chi connectivity index (χ3n) is 5.66. The van der Waals surface area contributed by atoms with Gasteiger partial charge in [0.15, 0.2) is 5.16 Å². The highest BCUT2D eigenvalue weighted by Crippen LogP contribution is 2.38. The molecule has 34 heavy (non-hydrogen) atoms. The van der Waals surface area contributed by atoms with Gasteiger partial charge >= 0.3 is 0 Å². The zero-order valence-corrected chi connectivity index (χ0v) is 21.5. The van der Waals surface area contributed by atoms with Crippen LogP contribution in [0.2, 0.25) is 0 Å². The Bertz CT molecular complexity index is 1390. The molecule has 4 aromatic rings. The van der Waals surface area contributed by atoms with E-state index in [1.54, 1.807) is 42.0 Å². The topological polar surface area (TPSA) is 64.4 Å². The quantitative estimate of drug-likeness (QED) is 0.260.